The van der Waals surface area contributed by atoms with Gasteiger partial charge in [0.1, 0.15) is 29.8 Å². The van der Waals surface area contributed by atoms with Crippen LogP contribution in [0.25, 0.3) is 11.0 Å². The van der Waals surface area contributed by atoms with Crippen molar-refractivity contribution in [1.29, 1.82) is 0 Å². The van der Waals surface area contributed by atoms with Crippen molar-refractivity contribution in [2.45, 2.75) is 37.4 Å². The summed E-state index contributed by atoms with van der Waals surface area (Å²) in [5.74, 6) is -0.531. The van der Waals surface area contributed by atoms with Crippen LogP contribution in [0, 0.1) is 0 Å². The average molecular weight is 459 g/mol. The minimum Gasteiger partial charge on any atom is -0.406 e. The summed E-state index contributed by atoms with van der Waals surface area (Å²) >= 11 is 0. The van der Waals surface area contributed by atoms with E-state index in [9.17, 15) is 38.1 Å². The lowest BCUT2D eigenvalue weighted by Gasteiger charge is -2.18. The molecule has 0 radical (unpaired) electrons. The number of rotatable bonds is 5. The summed E-state index contributed by atoms with van der Waals surface area (Å²) in [7, 11) is 0. The van der Waals surface area contributed by atoms with Gasteiger partial charge in [0.05, 0.1) is 13.2 Å². The molecule has 1 aromatic carbocycles. The minimum atomic E-state index is -4.89. The molecule has 1 aliphatic rings. The van der Waals surface area contributed by atoms with Gasteiger partial charge in [0.15, 0.2) is 11.8 Å². The van der Waals surface area contributed by atoms with E-state index in [1.807, 2.05) is 0 Å². The molecule has 4 rings (SSSR count). The topological polar surface area (TPSA) is 149 Å². The number of ether oxygens (including phenoxy) is 2. The van der Waals surface area contributed by atoms with Crippen LogP contribution in [0.4, 0.5) is 13.2 Å². The van der Waals surface area contributed by atoms with Crippen molar-refractivity contribution in [2.24, 2.45) is 0 Å². The van der Waals surface area contributed by atoms with Crippen molar-refractivity contribution in [3.63, 3.8) is 0 Å². The van der Waals surface area contributed by atoms with Crippen molar-refractivity contribution in [3.8, 4) is 5.75 Å². The molecule has 0 spiro atoms. The number of alkyl halides is 3. The van der Waals surface area contributed by atoms with Crippen LogP contribution >= 0.6 is 0 Å². The van der Waals surface area contributed by atoms with Gasteiger partial charge in [0.2, 0.25) is 0 Å². The van der Waals surface area contributed by atoms with Gasteiger partial charge in [-0.25, -0.2) is 4.79 Å². The zero-order valence-electron chi connectivity index (χ0n) is 16.0. The highest BCUT2D eigenvalue weighted by atomic mass is 19.4. The molecule has 1 fully saturated rings. The summed E-state index contributed by atoms with van der Waals surface area (Å²) in [5.41, 5.74) is -1.63. The normalized spacial score (nSPS) is 23.7. The fourth-order valence-electron chi connectivity index (χ4n) is 3.41. The maximum Gasteiger partial charge on any atom is 0.573 e. The maximum absolute atomic E-state index is 12.9. The molecule has 11 nitrogen and oxygen atoms in total. The van der Waals surface area contributed by atoms with Crippen molar-refractivity contribution >= 4 is 11.0 Å². The molecule has 0 aliphatic carbocycles. The second-order valence-corrected chi connectivity index (χ2v) is 6.99. The van der Waals surface area contributed by atoms with E-state index >= 15 is 0 Å². The van der Waals surface area contributed by atoms with Crippen molar-refractivity contribution < 1.29 is 42.5 Å². The van der Waals surface area contributed by atoms with E-state index in [1.54, 1.807) is 0 Å². The summed E-state index contributed by atoms with van der Waals surface area (Å²) in [6.07, 6.45) is -9.31. The molecular formula is C18H16F3N3O8. The van der Waals surface area contributed by atoms with Gasteiger partial charge in [0, 0.05) is 23.7 Å². The summed E-state index contributed by atoms with van der Waals surface area (Å²) in [5, 5.41) is 33.2. The predicted octanol–water partition coefficient (Wildman–Crippen LogP) is -0.290. The lowest BCUT2D eigenvalue weighted by molar-refractivity contribution is -0.274. The molecule has 0 amide bonds. The molecule has 0 bridgehead atoms. The van der Waals surface area contributed by atoms with Gasteiger partial charge in [-0.1, -0.05) is 5.16 Å². The summed E-state index contributed by atoms with van der Waals surface area (Å²) in [4.78, 5) is 25.2. The Morgan fingerprint density at radius 3 is 2.56 bits per heavy atom. The number of fused-ring (bicyclic) bond motifs is 1. The summed E-state index contributed by atoms with van der Waals surface area (Å²) in [6.45, 7) is -1.01. The first-order chi connectivity index (χ1) is 15.1. The van der Waals surface area contributed by atoms with E-state index in [4.69, 9.17) is 9.26 Å². The molecule has 3 N–H and O–H groups in total. The number of nitrogens with zero attached hydrogens (tertiary/aromatic N) is 3. The first kappa shape index (κ1) is 22.0. The monoisotopic (exact) mass is 459 g/mol. The molecular weight excluding hydrogens is 443 g/mol. The second kappa shape index (κ2) is 8.05. The minimum absolute atomic E-state index is 0.0606. The standard InChI is InChI=1S/C18H16F3N3O8/c19-18(20,21)31-8-1-2-9-10(22-32-11(9)5-8)6-24-13(26)3-4-23(17(24)29)16-15(28)14(27)12(7-25)30-16/h1-5,12,14-16,25,27-28H,6-7H2/t12-,14?,15?,16-/m1/s1. The molecule has 3 heterocycles. The molecule has 2 unspecified atom stereocenters. The largest absolute Gasteiger partial charge is 0.573 e. The fraction of sp³-hybridized carbons (Fsp3) is 0.389. The van der Waals surface area contributed by atoms with Crippen LogP contribution in [-0.4, -0.2) is 60.9 Å². The average Bonchev–Trinajstić information content (AvgIpc) is 3.25. The van der Waals surface area contributed by atoms with E-state index in [2.05, 4.69) is 9.89 Å². The Labute approximate surface area is 175 Å². The van der Waals surface area contributed by atoms with Crippen LogP contribution < -0.4 is 16.0 Å². The number of hydrogen-bond acceptors (Lipinski definition) is 9. The van der Waals surface area contributed by atoms with E-state index in [0.717, 1.165) is 33.5 Å². The molecule has 1 saturated heterocycles. The lowest BCUT2D eigenvalue weighted by atomic mass is 10.1. The van der Waals surface area contributed by atoms with Gasteiger partial charge < -0.3 is 29.3 Å². The number of benzene rings is 1. The molecule has 4 atom stereocenters. The first-order valence-corrected chi connectivity index (χ1v) is 9.17. The maximum atomic E-state index is 12.9. The Kier molecular flexibility index (Phi) is 5.54. The number of hydrogen-bond donors (Lipinski definition) is 3. The van der Waals surface area contributed by atoms with Crippen LogP contribution in [0.5, 0.6) is 5.75 Å². The lowest BCUT2D eigenvalue weighted by Crippen LogP contribution is -2.43. The highest BCUT2D eigenvalue weighted by Crippen LogP contribution is 2.29. The van der Waals surface area contributed by atoms with E-state index in [-0.39, 0.29) is 16.7 Å². The zero-order chi connectivity index (χ0) is 23.2. The summed E-state index contributed by atoms with van der Waals surface area (Å²) < 4.78 is 52.9. The van der Waals surface area contributed by atoms with Crippen molar-refractivity contribution in [1.82, 2.24) is 14.3 Å². The quantitative estimate of drug-likeness (QED) is 0.468. The van der Waals surface area contributed by atoms with Crippen molar-refractivity contribution in [2.75, 3.05) is 6.61 Å². The second-order valence-electron chi connectivity index (χ2n) is 6.99. The molecule has 0 saturated carbocycles. The van der Waals surface area contributed by atoms with Crippen molar-refractivity contribution in [3.05, 3.63) is 57.0 Å². The highest BCUT2D eigenvalue weighted by Gasteiger charge is 2.44. The Bertz CT molecular complexity index is 1250. The Morgan fingerprint density at radius 1 is 1.16 bits per heavy atom. The number of aliphatic hydroxyl groups is 3. The van der Waals surface area contributed by atoms with E-state index in [0.29, 0.717) is 0 Å². The SMILES string of the molecule is O=c1ccn([C@@H]2O[C@H](CO)C(O)C2O)c(=O)n1Cc1noc2cc(OC(F)(F)F)ccc12. The molecule has 172 valence electrons. The van der Waals surface area contributed by atoms with Crippen LogP contribution in [0.15, 0.2) is 44.6 Å². The van der Waals surface area contributed by atoms with Gasteiger partial charge in [-0.2, -0.15) is 0 Å². The van der Waals surface area contributed by atoms with Crippen LogP contribution in [0.2, 0.25) is 0 Å². The van der Waals surface area contributed by atoms with E-state index < -0.39 is 61.1 Å². The first-order valence-electron chi connectivity index (χ1n) is 9.17. The molecule has 14 heteroatoms. The zero-order valence-corrected chi connectivity index (χ0v) is 16.0. The van der Waals surface area contributed by atoms with Crippen LogP contribution in [0.3, 0.4) is 0 Å². The number of halogens is 3. The number of aromatic nitrogens is 3. The van der Waals surface area contributed by atoms with Gasteiger partial charge in [-0.3, -0.25) is 13.9 Å². The smallest absolute Gasteiger partial charge is 0.406 e. The van der Waals surface area contributed by atoms with Gasteiger partial charge in [-0.15, -0.1) is 13.2 Å². The molecule has 2 aromatic heterocycles. The molecule has 1 aliphatic heterocycles. The van der Waals surface area contributed by atoms with Crippen LogP contribution in [0.1, 0.15) is 11.9 Å². The Balaban J connectivity index is 1.67. The van der Waals surface area contributed by atoms with Gasteiger partial charge >= 0.3 is 12.1 Å². The molecule has 32 heavy (non-hydrogen) atoms. The van der Waals surface area contributed by atoms with Gasteiger partial charge in [0.25, 0.3) is 5.56 Å². The van der Waals surface area contributed by atoms with Crippen LogP contribution in [-0.2, 0) is 11.3 Å². The highest BCUT2D eigenvalue weighted by molar-refractivity contribution is 5.80. The third-order valence-corrected chi connectivity index (χ3v) is 4.95. The fourth-order valence-corrected chi connectivity index (χ4v) is 3.41. The number of aliphatic hydroxyl groups excluding tert-OH is 3. The third-order valence-electron chi connectivity index (χ3n) is 4.95. The van der Waals surface area contributed by atoms with Gasteiger partial charge in [-0.05, 0) is 12.1 Å². The predicted molar refractivity (Wildman–Crippen MR) is 97.8 cm³/mol. The summed E-state index contributed by atoms with van der Waals surface area (Å²) in [6, 6.07) is 4.25. The Morgan fingerprint density at radius 2 is 1.91 bits per heavy atom. The third kappa shape index (κ3) is 4.00. The Hall–Kier alpha value is -3.20. The molecule has 3 aromatic rings. The van der Waals surface area contributed by atoms with E-state index in [1.165, 1.54) is 6.07 Å².